The lowest BCUT2D eigenvalue weighted by molar-refractivity contribution is 0.0375. The lowest BCUT2D eigenvalue weighted by Crippen LogP contribution is -2.38. The standard InChI is InChI=1S/C15H22ClN3O2/c1-12-4-2-5-13(16)14(12)18-15(20)17-6-3-7-19-8-10-21-11-9-19/h2,4-5H,3,6-11H2,1H3,(H2,17,18,20). The minimum atomic E-state index is -0.215. The number of morpholine rings is 1. The molecule has 116 valence electrons. The van der Waals surface area contributed by atoms with Crippen molar-refractivity contribution in [1.82, 2.24) is 10.2 Å². The predicted molar refractivity (Wildman–Crippen MR) is 85.1 cm³/mol. The van der Waals surface area contributed by atoms with Crippen molar-refractivity contribution in [3.63, 3.8) is 0 Å². The maximum Gasteiger partial charge on any atom is 0.319 e. The fraction of sp³-hybridized carbons (Fsp3) is 0.533. The molecule has 1 aromatic carbocycles. The molecule has 0 bridgehead atoms. The molecule has 0 unspecified atom stereocenters. The highest BCUT2D eigenvalue weighted by Gasteiger charge is 2.10. The van der Waals surface area contributed by atoms with E-state index in [9.17, 15) is 4.79 Å². The molecule has 0 aromatic heterocycles. The Morgan fingerprint density at radius 3 is 2.86 bits per heavy atom. The Labute approximate surface area is 130 Å². The van der Waals surface area contributed by atoms with E-state index in [-0.39, 0.29) is 6.03 Å². The summed E-state index contributed by atoms with van der Waals surface area (Å²) in [6, 6.07) is 5.33. The van der Waals surface area contributed by atoms with Gasteiger partial charge in [-0.05, 0) is 31.5 Å². The molecule has 1 aliphatic rings. The van der Waals surface area contributed by atoms with E-state index in [4.69, 9.17) is 16.3 Å². The number of hydrogen-bond donors (Lipinski definition) is 2. The number of hydrogen-bond acceptors (Lipinski definition) is 3. The fourth-order valence-electron chi connectivity index (χ4n) is 2.28. The van der Waals surface area contributed by atoms with Gasteiger partial charge in [-0.2, -0.15) is 0 Å². The number of carbonyl (C=O) groups excluding carboxylic acids is 1. The molecule has 0 spiro atoms. The van der Waals surface area contributed by atoms with Gasteiger partial charge in [0.05, 0.1) is 23.9 Å². The number of nitrogens with zero attached hydrogens (tertiary/aromatic N) is 1. The van der Waals surface area contributed by atoms with Crippen molar-refractivity contribution in [3.05, 3.63) is 28.8 Å². The maximum atomic E-state index is 11.9. The van der Waals surface area contributed by atoms with E-state index in [1.165, 1.54) is 0 Å². The molecule has 1 heterocycles. The highest BCUT2D eigenvalue weighted by Crippen LogP contribution is 2.24. The van der Waals surface area contributed by atoms with Crippen molar-refractivity contribution >= 4 is 23.3 Å². The fourth-order valence-corrected chi connectivity index (χ4v) is 2.55. The molecule has 5 nitrogen and oxygen atoms in total. The molecule has 1 fully saturated rings. The second kappa shape index (κ2) is 8.22. The van der Waals surface area contributed by atoms with Gasteiger partial charge in [-0.3, -0.25) is 4.90 Å². The van der Waals surface area contributed by atoms with Crippen LogP contribution in [0.3, 0.4) is 0 Å². The Hall–Kier alpha value is -1.30. The Morgan fingerprint density at radius 1 is 1.38 bits per heavy atom. The third-order valence-corrected chi connectivity index (χ3v) is 3.82. The number of anilines is 1. The highest BCUT2D eigenvalue weighted by atomic mass is 35.5. The van der Waals surface area contributed by atoms with Gasteiger partial charge in [0.25, 0.3) is 0 Å². The van der Waals surface area contributed by atoms with Crippen LogP contribution >= 0.6 is 11.6 Å². The van der Waals surface area contributed by atoms with Gasteiger partial charge in [-0.15, -0.1) is 0 Å². The molecule has 6 heteroatoms. The van der Waals surface area contributed by atoms with Crippen LogP contribution in [0.4, 0.5) is 10.5 Å². The zero-order chi connectivity index (χ0) is 15.1. The molecule has 0 radical (unpaired) electrons. The van der Waals surface area contributed by atoms with E-state index in [1.54, 1.807) is 6.07 Å². The first kappa shape index (κ1) is 16.1. The summed E-state index contributed by atoms with van der Waals surface area (Å²) in [5.74, 6) is 0. The van der Waals surface area contributed by atoms with Crippen LogP contribution < -0.4 is 10.6 Å². The van der Waals surface area contributed by atoms with Gasteiger partial charge in [0, 0.05) is 19.6 Å². The van der Waals surface area contributed by atoms with E-state index in [0.29, 0.717) is 17.3 Å². The number of para-hydroxylation sites is 1. The number of carbonyl (C=O) groups is 1. The van der Waals surface area contributed by atoms with Gasteiger partial charge < -0.3 is 15.4 Å². The molecule has 1 aliphatic heterocycles. The average Bonchev–Trinajstić information content (AvgIpc) is 2.49. The zero-order valence-corrected chi connectivity index (χ0v) is 13.1. The molecule has 2 rings (SSSR count). The second-order valence-corrected chi connectivity index (χ2v) is 5.53. The lowest BCUT2D eigenvalue weighted by Gasteiger charge is -2.26. The largest absolute Gasteiger partial charge is 0.379 e. The van der Waals surface area contributed by atoms with E-state index < -0.39 is 0 Å². The van der Waals surface area contributed by atoms with Gasteiger partial charge >= 0.3 is 6.03 Å². The van der Waals surface area contributed by atoms with Crippen LogP contribution in [0.25, 0.3) is 0 Å². The smallest absolute Gasteiger partial charge is 0.319 e. The summed E-state index contributed by atoms with van der Waals surface area (Å²) in [6.45, 7) is 7.11. The summed E-state index contributed by atoms with van der Waals surface area (Å²) in [5, 5.41) is 6.21. The molecule has 2 amide bonds. The SMILES string of the molecule is Cc1cccc(Cl)c1NC(=O)NCCCN1CCOCC1. The minimum absolute atomic E-state index is 0.215. The third kappa shape index (κ3) is 5.19. The van der Waals surface area contributed by atoms with Crippen LogP contribution in [0, 0.1) is 6.92 Å². The number of amides is 2. The van der Waals surface area contributed by atoms with Gasteiger partial charge in [-0.25, -0.2) is 4.79 Å². The van der Waals surface area contributed by atoms with Crippen LogP contribution in [-0.4, -0.2) is 50.3 Å². The topological polar surface area (TPSA) is 53.6 Å². The number of nitrogens with one attached hydrogen (secondary N) is 2. The first-order valence-electron chi connectivity index (χ1n) is 7.27. The van der Waals surface area contributed by atoms with Gasteiger partial charge in [0.1, 0.15) is 0 Å². The number of aryl methyl sites for hydroxylation is 1. The highest BCUT2D eigenvalue weighted by molar-refractivity contribution is 6.33. The Morgan fingerprint density at radius 2 is 2.14 bits per heavy atom. The number of rotatable bonds is 5. The summed E-state index contributed by atoms with van der Waals surface area (Å²) in [7, 11) is 0. The summed E-state index contributed by atoms with van der Waals surface area (Å²) >= 11 is 6.08. The Kier molecular flexibility index (Phi) is 6.29. The Balaban J connectivity index is 1.67. The van der Waals surface area contributed by atoms with Crippen LogP contribution in [0.5, 0.6) is 0 Å². The second-order valence-electron chi connectivity index (χ2n) is 5.12. The van der Waals surface area contributed by atoms with E-state index in [1.807, 2.05) is 19.1 Å². The van der Waals surface area contributed by atoms with Gasteiger partial charge in [-0.1, -0.05) is 23.7 Å². The van der Waals surface area contributed by atoms with Crippen LogP contribution in [0.15, 0.2) is 18.2 Å². The van der Waals surface area contributed by atoms with Crippen LogP contribution in [0.1, 0.15) is 12.0 Å². The molecule has 0 aliphatic carbocycles. The summed E-state index contributed by atoms with van der Waals surface area (Å²) in [6.07, 6.45) is 0.926. The first-order chi connectivity index (χ1) is 10.2. The van der Waals surface area contributed by atoms with Crippen molar-refractivity contribution < 1.29 is 9.53 Å². The molecule has 0 atom stereocenters. The zero-order valence-electron chi connectivity index (χ0n) is 12.3. The van der Waals surface area contributed by atoms with Gasteiger partial charge in [0.2, 0.25) is 0 Å². The third-order valence-electron chi connectivity index (χ3n) is 3.50. The molecule has 1 saturated heterocycles. The van der Waals surface area contributed by atoms with Crippen LogP contribution in [0.2, 0.25) is 5.02 Å². The summed E-state index contributed by atoms with van der Waals surface area (Å²) < 4.78 is 5.30. The van der Waals surface area contributed by atoms with Crippen molar-refractivity contribution in [2.45, 2.75) is 13.3 Å². The number of urea groups is 1. The molecular weight excluding hydrogens is 290 g/mol. The summed E-state index contributed by atoms with van der Waals surface area (Å²) in [5.41, 5.74) is 1.62. The molecule has 0 saturated carbocycles. The van der Waals surface area contributed by atoms with Gasteiger partial charge in [0.15, 0.2) is 0 Å². The van der Waals surface area contributed by atoms with Crippen molar-refractivity contribution in [3.8, 4) is 0 Å². The maximum absolute atomic E-state index is 11.9. The molecule has 1 aromatic rings. The number of halogens is 1. The van der Waals surface area contributed by atoms with E-state index >= 15 is 0 Å². The quantitative estimate of drug-likeness (QED) is 0.822. The van der Waals surface area contributed by atoms with E-state index in [0.717, 1.165) is 44.8 Å². The Bertz CT molecular complexity index is 456. The molecule has 21 heavy (non-hydrogen) atoms. The normalized spacial score (nSPS) is 15.7. The van der Waals surface area contributed by atoms with Crippen molar-refractivity contribution in [2.75, 3.05) is 44.7 Å². The molecule has 2 N–H and O–H groups in total. The first-order valence-corrected chi connectivity index (χ1v) is 7.64. The predicted octanol–water partition coefficient (Wildman–Crippen LogP) is 2.49. The lowest BCUT2D eigenvalue weighted by atomic mass is 10.2. The average molecular weight is 312 g/mol. The van der Waals surface area contributed by atoms with Crippen molar-refractivity contribution in [1.29, 1.82) is 0 Å². The molecular formula is C15H22ClN3O2. The minimum Gasteiger partial charge on any atom is -0.379 e. The number of benzene rings is 1. The van der Waals surface area contributed by atoms with E-state index in [2.05, 4.69) is 15.5 Å². The summed E-state index contributed by atoms with van der Waals surface area (Å²) in [4.78, 5) is 14.2. The number of ether oxygens (including phenoxy) is 1. The van der Waals surface area contributed by atoms with Crippen molar-refractivity contribution in [2.24, 2.45) is 0 Å². The monoisotopic (exact) mass is 311 g/mol. The van der Waals surface area contributed by atoms with Crippen LogP contribution in [-0.2, 0) is 4.74 Å².